The molecule has 1 amide bonds. The average Bonchev–Trinajstić information content (AvgIpc) is 3.15. The lowest BCUT2D eigenvalue weighted by Crippen LogP contribution is -2.13. The molecule has 1 N–H and O–H groups in total. The van der Waals surface area contributed by atoms with Crippen LogP contribution in [0, 0.1) is 18.3 Å². The minimum Gasteiger partial charge on any atom is -0.438 e. The maximum absolute atomic E-state index is 12.9. The number of anilines is 1. The summed E-state index contributed by atoms with van der Waals surface area (Å²) < 4.78 is 8.76. The third-order valence-electron chi connectivity index (χ3n) is 4.87. The number of ether oxygens (including phenoxy) is 1. The number of nitriles is 1. The Morgan fingerprint density at radius 1 is 1.09 bits per heavy atom. The number of benzene rings is 3. The zero-order chi connectivity index (χ0) is 24.1. The molecule has 0 aliphatic heterocycles. The minimum atomic E-state index is -0.586. The highest BCUT2D eigenvalue weighted by atomic mass is 79.9. The molecule has 4 aromatic rings. The molecule has 0 aliphatic carbocycles. The molecule has 0 bridgehead atoms. The van der Waals surface area contributed by atoms with Crippen molar-refractivity contribution in [2.45, 2.75) is 6.92 Å². The van der Waals surface area contributed by atoms with Crippen LogP contribution in [0.4, 0.5) is 5.69 Å². The third-order valence-corrected chi connectivity index (χ3v) is 5.73. The number of nitrogens with zero attached hydrogens (tertiary/aromatic N) is 3. The smallest absolute Gasteiger partial charge is 0.266 e. The van der Waals surface area contributed by atoms with Gasteiger partial charge in [-0.2, -0.15) is 15.0 Å². The molecular formula is C26H18BrClN4O2. The van der Waals surface area contributed by atoms with Gasteiger partial charge in [-0.15, -0.1) is 0 Å². The second-order valence-electron chi connectivity index (χ2n) is 7.21. The molecule has 8 heteroatoms. The van der Waals surface area contributed by atoms with E-state index < -0.39 is 5.91 Å². The normalized spacial score (nSPS) is 11.1. The van der Waals surface area contributed by atoms with Crippen molar-refractivity contribution < 1.29 is 9.53 Å². The van der Waals surface area contributed by atoms with Crippen LogP contribution in [-0.4, -0.2) is 15.7 Å². The van der Waals surface area contributed by atoms with E-state index in [0.717, 1.165) is 10.2 Å². The Balaban J connectivity index is 1.78. The molecule has 0 saturated heterocycles. The number of aryl methyl sites for hydroxylation is 1. The van der Waals surface area contributed by atoms with Crippen LogP contribution < -0.4 is 10.1 Å². The lowest BCUT2D eigenvalue weighted by Gasteiger charge is -2.11. The van der Waals surface area contributed by atoms with E-state index >= 15 is 0 Å². The van der Waals surface area contributed by atoms with E-state index in [1.54, 1.807) is 35.9 Å². The number of para-hydroxylation sites is 2. The van der Waals surface area contributed by atoms with Crippen LogP contribution in [-0.2, 0) is 4.79 Å². The standard InChI is InChI=1S/C26H18BrClN4O2/c1-17-22(15-18(16-29)25(33)30-24-10-6-5-9-23(24)28)26(34-21-13-11-19(27)12-14-21)32(31-17)20-7-3-2-4-8-20/h2-15H,1H3,(H,30,33). The van der Waals surface area contributed by atoms with E-state index in [1.165, 1.54) is 6.08 Å². The molecular weight excluding hydrogens is 516 g/mol. The molecule has 1 heterocycles. The van der Waals surface area contributed by atoms with Gasteiger partial charge in [0, 0.05) is 4.47 Å². The number of hydrogen-bond donors (Lipinski definition) is 1. The highest BCUT2D eigenvalue weighted by Gasteiger charge is 2.20. The summed E-state index contributed by atoms with van der Waals surface area (Å²) in [6.07, 6.45) is 1.47. The Bertz CT molecular complexity index is 1410. The van der Waals surface area contributed by atoms with Crippen LogP contribution in [0.2, 0.25) is 5.02 Å². The summed E-state index contributed by atoms with van der Waals surface area (Å²) in [7, 11) is 0. The second-order valence-corrected chi connectivity index (χ2v) is 8.53. The van der Waals surface area contributed by atoms with Crippen LogP contribution in [0.5, 0.6) is 11.6 Å². The Kier molecular flexibility index (Phi) is 7.12. The van der Waals surface area contributed by atoms with Gasteiger partial charge in [-0.1, -0.05) is 57.9 Å². The summed E-state index contributed by atoms with van der Waals surface area (Å²) in [5.41, 5.74) is 2.18. The van der Waals surface area contributed by atoms with E-state index in [4.69, 9.17) is 16.3 Å². The highest BCUT2D eigenvalue weighted by molar-refractivity contribution is 9.10. The fraction of sp³-hybridized carbons (Fsp3) is 0.0385. The van der Waals surface area contributed by atoms with Crippen molar-refractivity contribution in [3.05, 3.63) is 105 Å². The SMILES string of the molecule is Cc1nn(-c2ccccc2)c(Oc2ccc(Br)cc2)c1C=C(C#N)C(=O)Nc1ccccc1Cl. The number of carbonyl (C=O) groups is 1. The summed E-state index contributed by atoms with van der Waals surface area (Å²) in [6.45, 7) is 1.79. The summed E-state index contributed by atoms with van der Waals surface area (Å²) in [4.78, 5) is 12.9. The van der Waals surface area contributed by atoms with Gasteiger partial charge in [0.25, 0.3) is 5.91 Å². The van der Waals surface area contributed by atoms with E-state index in [9.17, 15) is 10.1 Å². The highest BCUT2D eigenvalue weighted by Crippen LogP contribution is 2.33. The third kappa shape index (κ3) is 5.20. The molecule has 0 spiro atoms. The van der Waals surface area contributed by atoms with Crippen molar-refractivity contribution in [2.24, 2.45) is 0 Å². The maximum atomic E-state index is 12.9. The molecule has 0 fully saturated rings. The van der Waals surface area contributed by atoms with Crippen molar-refractivity contribution in [1.29, 1.82) is 5.26 Å². The zero-order valence-corrected chi connectivity index (χ0v) is 20.3. The topological polar surface area (TPSA) is 79.9 Å². The van der Waals surface area contributed by atoms with Gasteiger partial charge < -0.3 is 10.1 Å². The van der Waals surface area contributed by atoms with Crippen molar-refractivity contribution in [3.8, 4) is 23.4 Å². The molecule has 0 radical (unpaired) electrons. The number of aromatic nitrogens is 2. The summed E-state index contributed by atoms with van der Waals surface area (Å²) in [5, 5.41) is 17.4. The van der Waals surface area contributed by atoms with Gasteiger partial charge in [-0.3, -0.25) is 4.79 Å². The van der Waals surface area contributed by atoms with Crippen molar-refractivity contribution in [1.82, 2.24) is 9.78 Å². The monoisotopic (exact) mass is 532 g/mol. The van der Waals surface area contributed by atoms with Gasteiger partial charge in [0.15, 0.2) is 0 Å². The maximum Gasteiger partial charge on any atom is 0.266 e. The van der Waals surface area contributed by atoms with Gasteiger partial charge in [-0.25, -0.2) is 0 Å². The summed E-state index contributed by atoms with van der Waals surface area (Å²) in [6, 6.07) is 25.6. The van der Waals surface area contributed by atoms with Crippen molar-refractivity contribution in [2.75, 3.05) is 5.32 Å². The molecule has 6 nitrogen and oxygen atoms in total. The van der Waals surface area contributed by atoms with Gasteiger partial charge >= 0.3 is 0 Å². The largest absolute Gasteiger partial charge is 0.438 e. The predicted octanol–water partition coefficient (Wildman–Crippen LogP) is 6.93. The van der Waals surface area contributed by atoms with Crippen LogP contribution in [0.25, 0.3) is 11.8 Å². The Labute approximate surface area is 210 Å². The zero-order valence-electron chi connectivity index (χ0n) is 18.0. The Morgan fingerprint density at radius 3 is 2.44 bits per heavy atom. The van der Waals surface area contributed by atoms with Crippen LogP contribution >= 0.6 is 27.5 Å². The molecule has 0 aliphatic rings. The summed E-state index contributed by atoms with van der Waals surface area (Å²) >= 11 is 9.56. The minimum absolute atomic E-state index is 0.115. The number of rotatable bonds is 6. The fourth-order valence-electron chi connectivity index (χ4n) is 3.19. The number of amides is 1. The van der Waals surface area contributed by atoms with Crippen molar-refractivity contribution >= 4 is 45.2 Å². The quantitative estimate of drug-likeness (QED) is 0.215. The molecule has 34 heavy (non-hydrogen) atoms. The van der Waals surface area contributed by atoms with Gasteiger partial charge in [-0.05, 0) is 61.5 Å². The van der Waals surface area contributed by atoms with Crippen LogP contribution in [0.15, 0.2) is 88.9 Å². The van der Waals surface area contributed by atoms with Gasteiger partial charge in [0.05, 0.1) is 27.7 Å². The first kappa shape index (κ1) is 23.3. The lowest BCUT2D eigenvalue weighted by atomic mass is 10.1. The van der Waals surface area contributed by atoms with E-state index in [2.05, 4.69) is 26.3 Å². The Morgan fingerprint density at radius 2 is 1.76 bits per heavy atom. The van der Waals surface area contributed by atoms with E-state index in [0.29, 0.717) is 33.6 Å². The fourth-order valence-corrected chi connectivity index (χ4v) is 3.63. The second kappa shape index (κ2) is 10.4. The molecule has 4 rings (SSSR count). The molecule has 1 aromatic heterocycles. The average molecular weight is 534 g/mol. The molecule has 3 aromatic carbocycles. The molecule has 0 saturated carbocycles. The molecule has 0 atom stereocenters. The Hall–Kier alpha value is -3.86. The van der Waals surface area contributed by atoms with Crippen LogP contribution in [0.1, 0.15) is 11.3 Å². The first-order valence-electron chi connectivity index (χ1n) is 10.2. The van der Waals surface area contributed by atoms with Gasteiger partial charge in [0.1, 0.15) is 17.4 Å². The van der Waals surface area contributed by atoms with Crippen molar-refractivity contribution in [3.63, 3.8) is 0 Å². The van der Waals surface area contributed by atoms with Gasteiger partial charge in [0.2, 0.25) is 5.88 Å². The van der Waals surface area contributed by atoms with E-state index in [-0.39, 0.29) is 5.57 Å². The summed E-state index contributed by atoms with van der Waals surface area (Å²) in [5.74, 6) is 0.371. The molecule has 0 unspecified atom stereocenters. The first-order valence-corrected chi connectivity index (χ1v) is 11.4. The van der Waals surface area contributed by atoms with Crippen LogP contribution in [0.3, 0.4) is 0 Å². The van der Waals surface area contributed by atoms with E-state index in [1.807, 2.05) is 60.7 Å². The number of halogens is 2. The number of carbonyl (C=O) groups excluding carboxylic acids is 1. The lowest BCUT2D eigenvalue weighted by molar-refractivity contribution is -0.112. The predicted molar refractivity (Wildman–Crippen MR) is 136 cm³/mol. The first-order chi connectivity index (χ1) is 16.5. The number of nitrogens with one attached hydrogen (secondary N) is 1. The molecule has 168 valence electrons. The number of hydrogen-bond acceptors (Lipinski definition) is 4.